The zero-order chi connectivity index (χ0) is 14.9. The first-order chi connectivity index (χ1) is 10.3. The van der Waals surface area contributed by atoms with E-state index in [1.807, 2.05) is 0 Å². The van der Waals surface area contributed by atoms with Crippen LogP contribution in [0, 0.1) is 0 Å². The summed E-state index contributed by atoms with van der Waals surface area (Å²) in [5.74, 6) is 0. The highest BCUT2D eigenvalue weighted by atomic mass is 127. The molecule has 0 fully saturated rings. The molecule has 2 aromatic carbocycles. The fraction of sp³-hybridized carbons (Fsp3) is 0.333. The highest BCUT2D eigenvalue weighted by Crippen LogP contribution is 2.32. The fourth-order valence-corrected chi connectivity index (χ4v) is 3.49. The van der Waals surface area contributed by atoms with Crippen LogP contribution < -0.4 is 0 Å². The molecule has 0 spiro atoms. The van der Waals surface area contributed by atoms with Crippen LogP contribution >= 0.6 is 45.2 Å². The van der Waals surface area contributed by atoms with Gasteiger partial charge in [-0.1, -0.05) is 106 Å². The van der Waals surface area contributed by atoms with Crippen molar-refractivity contribution in [3.63, 3.8) is 0 Å². The number of hydrogen-bond donors (Lipinski definition) is 0. The Balaban J connectivity index is 2.16. The van der Waals surface area contributed by atoms with Gasteiger partial charge in [-0.05, 0) is 24.0 Å². The average Bonchev–Trinajstić information content (AvgIpc) is 2.55. The van der Waals surface area contributed by atoms with Crippen LogP contribution in [0.25, 0.3) is 0 Å². The van der Waals surface area contributed by atoms with Crippen molar-refractivity contribution in [1.82, 2.24) is 0 Å². The van der Waals surface area contributed by atoms with Gasteiger partial charge in [0, 0.05) is 8.86 Å². The minimum atomic E-state index is 0.177. The molecule has 0 radical (unpaired) electrons. The molecule has 2 atom stereocenters. The molecule has 0 aromatic heterocycles. The van der Waals surface area contributed by atoms with E-state index in [0.29, 0.717) is 0 Å². The van der Waals surface area contributed by atoms with Crippen LogP contribution in [0.1, 0.15) is 36.2 Å². The van der Waals surface area contributed by atoms with E-state index >= 15 is 0 Å². The van der Waals surface area contributed by atoms with Crippen LogP contribution in [0.3, 0.4) is 0 Å². The van der Waals surface area contributed by atoms with Gasteiger partial charge in [-0.2, -0.15) is 0 Å². The van der Waals surface area contributed by atoms with Gasteiger partial charge in [0.25, 0.3) is 0 Å². The van der Waals surface area contributed by atoms with Gasteiger partial charge in [-0.15, -0.1) is 0 Å². The number of alkyl halides is 2. The lowest BCUT2D eigenvalue weighted by Crippen LogP contribution is -2.12. The lowest BCUT2D eigenvalue weighted by Gasteiger charge is -2.25. The van der Waals surface area contributed by atoms with Gasteiger partial charge in [-0.25, -0.2) is 0 Å². The summed E-state index contributed by atoms with van der Waals surface area (Å²) in [6, 6.07) is 21.2. The fourth-order valence-electron chi connectivity index (χ4n) is 2.36. The van der Waals surface area contributed by atoms with E-state index in [0.717, 1.165) is 21.7 Å². The maximum absolute atomic E-state index is 6.49. The Bertz CT molecular complexity index is 454. The number of hydrogen-bond acceptors (Lipinski definition) is 1. The van der Waals surface area contributed by atoms with Crippen LogP contribution in [0.4, 0.5) is 0 Å². The number of benzene rings is 2. The van der Waals surface area contributed by atoms with Gasteiger partial charge in [0.05, 0.1) is 12.2 Å². The van der Waals surface area contributed by atoms with Crippen molar-refractivity contribution in [3.05, 3.63) is 71.8 Å². The van der Waals surface area contributed by atoms with Crippen molar-refractivity contribution in [2.45, 2.75) is 25.0 Å². The van der Waals surface area contributed by atoms with Gasteiger partial charge in [0.15, 0.2) is 0 Å². The number of rotatable bonds is 8. The quantitative estimate of drug-likeness (QED) is 0.309. The Kier molecular flexibility index (Phi) is 8.03. The molecule has 21 heavy (non-hydrogen) atoms. The summed E-state index contributed by atoms with van der Waals surface area (Å²) in [7, 11) is 0. The van der Waals surface area contributed by atoms with Crippen molar-refractivity contribution in [2.24, 2.45) is 0 Å². The topological polar surface area (TPSA) is 9.23 Å². The second-order valence-corrected chi connectivity index (χ2v) is 7.05. The van der Waals surface area contributed by atoms with E-state index in [2.05, 4.69) is 106 Å². The zero-order valence-corrected chi connectivity index (χ0v) is 16.2. The molecular formula is C18H20I2O. The summed E-state index contributed by atoms with van der Waals surface area (Å²) in [6.07, 6.45) is 2.46. The summed E-state index contributed by atoms with van der Waals surface area (Å²) in [5, 5.41) is 0. The van der Waals surface area contributed by atoms with Crippen molar-refractivity contribution in [1.29, 1.82) is 0 Å². The maximum atomic E-state index is 6.49. The van der Waals surface area contributed by atoms with E-state index in [-0.39, 0.29) is 12.2 Å². The predicted octanol–water partition coefficient (Wildman–Crippen LogP) is 6.14. The second-order valence-electron chi connectivity index (χ2n) is 4.89. The van der Waals surface area contributed by atoms with Crippen LogP contribution in [0.15, 0.2) is 60.7 Å². The van der Waals surface area contributed by atoms with Crippen molar-refractivity contribution >= 4 is 45.2 Å². The molecule has 2 unspecified atom stereocenters. The molecule has 0 amide bonds. The normalized spacial score (nSPS) is 13.8. The third-order valence-corrected chi connectivity index (χ3v) is 4.66. The monoisotopic (exact) mass is 506 g/mol. The molecule has 2 rings (SSSR count). The molecule has 2 aromatic rings. The first kappa shape index (κ1) is 17.2. The van der Waals surface area contributed by atoms with Crippen LogP contribution in [0.2, 0.25) is 0 Å². The van der Waals surface area contributed by atoms with Crippen LogP contribution in [-0.4, -0.2) is 8.86 Å². The summed E-state index contributed by atoms with van der Waals surface area (Å²) < 4.78 is 8.69. The summed E-state index contributed by atoms with van der Waals surface area (Å²) >= 11 is 4.86. The molecule has 0 saturated carbocycles. The first-order valence-electron chi connectivity index (χ1n) is 7.22. The van der Waals surface area contributed by atoms with Gasteiger partial charge >= 0.3 is 0 Å². The van der Waals surface area contributed by atoms with Crippen molar-refractivity contribution < 1.29 is 4.74 Å². The Morgan fingerprint density at radius 3 is 1.38 bits per heavy atom. The van der Waals surface area contributed by atoms with Gasteiger partial charge in [0.2, 0.25) is 0 Å². The minimum absolute atomic E-state index is 0.177. The number of halogens is 2. The largest absolute Gasteiger partial charge is 0.366 e. The molecular weight excluding hydrogens is 486 g/mol. The van der Waals surface area contributed by atoms with Crippen molar-refractivity contribution in [3.8, 4) is 0 Å². The van der Waals surface area contributed by atoms with E-state index in [9.17, 15) is 0 Å². The first-order valence-corrected chi connectivity index (χ1v) is 10.3. The van der Waals surface area contributed by atoms with Gasteiger partial charge in [-0.3, -0.25) is 0 Å². The minimum Gasteiger partial charge on any atom is -0.366 e. The molecule has 1 nitrogen and oxygen atoms in total. The second kappa shape index (κ2) is 9.79. The van der Waals surface area contributed by atoms with Crippen LogP contribution in [0.5, 0.6) is 0 Å². The highest BCUT2D eigenvalue weighted by molar-refractivity contribution is 14.1. The molecule has 0 saturated heterocycles. The molecule has 0 bridgehead atoms. The Hall–Kier alpha value is -0.140. The maximum Gasteiger partial charge on any atom is 0.0840 e. The molecule has 0 aliphatic heterocycles. The third kappa shape index (κ3) is 5.53. The Labute approximate surface area is 154 Å². The van der Waals surface area contributed by atoms with Crippen molar-refractivity contribution in [2.75, 3.05) is 8.86 Å². The third-order valence-electron chi connectivity index (χ3n) is 3.41. The summed E-state index contributed by atoms with van der Waals surface area (Å²) in [4.78, 5) is 0. The molecule has 0 heterocycles. The SMILES string of the molecule is ICCC(OC(CCI)c1ccccc1)c1ccccc1. The molecule has 0 aliphatic rings. The van der Waals surface area contributed by atoms with E-state index in [1.54, 1.807) is 0 Å². The molecule has 0 aliphatic carbocycles. The van der Waals surface area contributed by atoms with E-state index in [1.165, 1.54) is 11.1 Å². The molecule has 112 valence electrons. The Morgan fingerprint density at radius 1 is 0.667 bits per heavy atom. The van der Waals surface area contributed by atoms with Gasteiger partial charge in [0.1, 0.15) is 0 Å². The molecule has 3 heteroatoms. The summed E-state index contributed by atoms with van der Waals surface area (Å²) in [5.41, 5.74) is 2.56. The lowest BCUT2D eigenvalue weighted by atomic mass is 10.0. The van der Waals surface area contributed by atoms with E-state index in [4.69, 9.17) is 4.74 Å². The lowest BCUT2D eigenvalue weighted by molar-refractivity contribution is -0.0172. The van der Waals surface area contributed by atoms with Crippen LogP contribution in [-0.2, 0) is 4.74 Å². The standard InChI is InChI=1S/C18H20I2O/c19-13-11-17(15-7-3-1-4-8-15)21-18(12-14-20)16-9-5-2-6-10-16/h1-10,17-18H,11-14H2. The Morgan fingerprint density at radius 2 is 1.05 bits per heavy atom. The van der Waals surface area contributed by atoms with E-state index < -0.39 is 0 Å². The smallest absolute Gasteiger partial charge is 0.0840 e. The number of ether oxygens (including phenoxy) is 1. The summed E-state index contributed by atoms with van der Waals surface area (Å²) in [6.45, 7) is 0. The van der Waals surface area contributed by atoms with Gasteiger partial charge < -0.3 is 4.74 Å². The zero-order valence-electron chi connectivity index (χ0n) is 11.9. The average molecular weight is 506 g/mol. The predicted molar refractivity (Wildman–Crippen MR) is 106 cm³/mol. The molecule has 0 N–H and O–H groups in total. The highest BCUT2D eigenvalue weighted by Gasteiger charge is 2.19.